The molecule has 2 fully saturated rings. The fourth-order valence-electron chi connectivity index (χ4n) is 3.66. The van der Waals surface area contributed by atoms with Gasteiger partial charge in [-0.2, -0.15) is 0 Å². The normalized spacial score (nSPS) is 27.1. The van der Waals surface area contributed by atoms with Gasteiger partial charge in [0, 0.05) is 25.2 Å². The van der Waals surface area contributed by atoms with Crippen LogP contribution in [-0.4, -0.2) is 47.4 Å². The van der Waals surface area contributed by atoms with E-state index in [0.29, 0.717) is 17.2 Å². The molecule has 0 spiro atoms. The summed E-state index contributed by atoms with van der Waals surface area (Å²) in [5, 5.41) is 7.96. The average Bonchev–Trinajstić information content (AvgIpc) is 2.98. The molecule has 106 valence electrons. The van der Waals surface area contributed by atoms with Crippen molar-refractivity contribution in [2.24, 2.45) is 0 Å². The van der Waals surface area contributed by atoms with Crippen LogP contribution in [0, 0.1) is 0 Å². The SMILES string of the molecule is CN1C2CCC1CN(c1ccc(N)c3nonc13)CC2. The molecular formula is C14H19N5O. The zero-order valence-electron chi connectivity index (χ0n) is 11.6. The molecule has 1 aromatic carbocycles. The van der Waals surface area contributed by atoms with Gasteiger partial charge in [0.1, 0.15) is 0 Å². The van der Waals surface area contributed by atoms with Crippen LogP contribution in [0.4, 0.5) is 11.4 Å². The summed E-state index contributed by atoms with van der Waals surface area (Å²) in [6.07, 6.45) is 3.81. The standard InChI is InChI=1S/C14H19N5O/c1-18-9-2-3-10(18)8-19(7-6-9)12-5-4-11(15)13-14(12)17-20-16-13/h4-5,9-10H,2-3,6-8,15H2,1H3. The maximum Gasteiger partial charge on any atom is 0.160 e. The van der Waals surface area contributed by atoms with Gasteiger partial charge in [0.25, 0.3) is 0 Å². The maximum atomic E-state index is 5.92. The van der Waals surface area contributed by atoms with Crippen molar-refractivity contribution >= 4 is 22.4 Å². The summed E-state index contributed by atoms with van der Waals surface area (Å²) in [5.41, 5.74) is 9.10. The van der Waals surface area contributed by atoms with E-state index in [0.717, 1.165) is 30.3 Å². The van der Waals surface area contributed by atoms with Crippen LogP contribution in [0.25, 0.3) is 11.0 Å². The molecule has 3 heterocycles. The van der Waals surface area contributed by atoms with Crippen LogP contribution in [0.1, 0.15) is 19.3 Å². The van der Waals surface area contributed by atoms with Crippen molar-refractivity contribution in [2.45, 2.75) is 31.3 Å². The van der Waals surface area contributed by atoms with Gasteiger partial charge in [-0.15, -0.1) is 0 Å². The Morgan fingerprint density at radius 2 is 1.95 bits per heavy atom. The van der Waals surface area contributed by atoms with Crippen molar-refractivity contribution in [1.82, 2.24) is 15.2 Å². The van der Waals surface area contributed by atoms with Crippen LogP contribution in [0.15, 0.2) is 16.8 Å². The lowest BCUT2D eigenvalue weighted by Gasteiger charge is -2.27. The van der Waals surface area contributed by atoms with E-state index in [1.807, 2.05) is 12.1 Å². The summed E-state index contributed by atoms with van der Waals surface area (Å²) in [6.45, 7) is 2.09. The quantitative estimate of drug-likeness (QED) is 0.793. The Morgan fingerprint density at radius 1 is 1.15 bits per heavy atom. The molecule has 4 rings (SSSR count). The fourth-order valence-corrected chi connectivity index (χ4v) is 3.66. The smallest absolute Gasteiger partial charge is 0.160 e. The second-order valence-electron chi connectivity index (χ2n) is 5.92. The number of aromatic nitrogens is 2. The molecule has 2 atom stereocenters. The van der Waals surface area contributed by atoms with E-state index >= 15 is 0 Å². The topological polar surface area (TPSA) is 71.4 Å². The first kappa shape index (κ1) is 12.0. The summed E-state index contributed by atoms with van der Waals surface area (Å²) in [7, 11) is 2.25. The molecule has 2 aromatic rings. The molecule has 2 saturated heterocycles. The number of nitrogens with zero attached hydrogens (tertiary/aromatic N) is 4. The molecule has 2 aliphatic rings. The predicted octanol–water partition coefficient (Wildman–Crippen LogP) is 1.48. The highest BCUT2D eigenvalue weighted by Gasteiger charge is 2.35. The number of fused-ring (bicyclic) bond motifs is 3. The molecule has 1 aromatic heterocycles. The van der Waals surface area contributed by atoms with E-state index in [-0.39, 0.29) is 0 Å². The predicted molar refractivity (Wildman–Crippen MR) is 77.6 cm³/mol. The van der Waals surface area contributed by atoms with E-state index in [1.54, 1.807) is 0 Å². The minimum Gasteiger partial charge on any atom is -0.397 e. The fraction of sp³-hybridized carbons (Fsp3) is 0.571. The molecule has 20 heavy (non-hydrogen) atoms. The van der Waals surface area contributed by atoms with Crippen LogP contribution in [0.3, 0.4) is 0 Å². The van der Waals surface area contributed by atoms with E-state index in [2.05, 4.69) is 27.2 Å². The third kappa shape index (κ3) is 1.67. The Morgan fingerprint density at radius 3 is 2.85 bits per heavy atom. The number of nitrogen functional groups attached to an aromatic ring is 1. The molecule has 6 heteroatoms. The Bertz CT molecular complexity index is 640. The van der Waals surface area contributed by atoms with Crippen LogP contribution in [-0.2, 0) is 0 Å². The number of hydrogen-bond acceptors (Lipinski definition) is 6. The maximum absolute atomic E-state index is 5.92. The van der Waals surface area contributed by atoms with Gasteiger partial charge in [0.2, 0.25) is 0 Å². The Balaban J connectivity index is 1.73. The van der Waals surface area contributed by atoms with Crippen LogP contribution < -0.4 is 10.6 Å². The number of rotatable bonds is 1. The molecule has 2 aliphatic heterocycles. The number of benzene rings is 1. The number of hydrogen-bond donors (Lipinski definition) is 1. The summed E-state index contributed by atoms with van der Waals surface area (Å²) in [5.74, 6) is 0. The van der Waals surface area contributed by atoms with Crippen molar-refractivity contribution in [3.63, 3.8) is 0 Å². The van der Waals surface area contributed by atoms with E-state index in [9.17, 15) is 0 Å². The summed E-state index contributed by atoms with van der Waals surface area (Å²) < 4.78 is 4.87. The number of nitrogens with two attached hydrogens (primary N) is 1. The van der Waals surface area contributed by atoms with Crippen molar-refractivity contribution in [3.05, 3.63) is 12.1 Å². The molecule has 0 amide bonds. The van der Waals surface area contributed by atoms with E-state index < -0.39 is 0 Å². The largest absolute Gasteiger partial charge is 0.397 e. The third-order valence-corrected chi connectivity index (χ3v) is 4.91. The molecule has 0 radical (unpaired) electrons. The van der Waals surface area contributed by atoms with Crippen molar-refractivity contribution in [1.29, 1.82) is 0 Å². The minimum atomic E-state index is 0.624. The third-order valence-electron chi connectivity index (χ3n) is 4.91. The lowest BCUT2D eigenvalue weighted by molar-refractivity contribution is 0.254. The average molecular weight is 273 g/mol. The Hall–Kier alpha value is -1.82. The highest BCUT2D eigenvalue weighted by molar-refractivity contribution is 5.95. The van der Waals surface area contributed by atoms with E-state index in [4.69, 9.17) is 10.4 Å². The number of anilines is 2. The molecule has 0 saturated carbocycles. The van der Waals surface area contributed by atoms with E-state index in [1.165, 1.54) is 19.3 Å². The second kappa shape index (κ2) is 4.34. The first-order chi connectivity index (χ1) is 9.74. The number of likely N-dealkylation sites (N-methyl/N-ethyl adjacent to an activating group) is 1. The van der Waals surface area contributed by atoms with Crippen molar-refractivity contribution < 1.29 is 4.63 Å². The monoisotopic (exact) mass is 273 g/mol. The van der Waals surface area contributed by atoms with Crippen molar-refractivity contribution in [2.75, 3.05) is 30.8 Å². The van der Waals surface area contributed by atoms with Gasteiger partial charge in [-0.25, -0.2) is 4.63 Å². The van der Waals surface area contributed by atoms with Gasteiger partial charge >= 0.3 is 0 Å². The summed E-state index contributed by atoms with van der Waals surface area (Å²) in [6, 6.07) is 5.30. The highest BCUT2D eigenvalue weighted by atomic mass is 16.6. The summed E-state index contributed by atoms with van der Waals surface area (Å²) >= 11 is 0. The van der Waals surface area contributed by atoms with Gasteiger partial charge in [-0.05, 0) is 48.8 Å². The molecule has 6 nitrogen and oxygen atoms in total. The minimum absolute atomic E-state index is 0.624. The van der Waals surface area contributed by atoms with Gasteiger partial charge in [-0.3, -0.25) is 4.90 Å². The second-order valence-corrected chi connectivity index (χ2v) is 5.92. The molecule has 2 bridgehead atoms. The summed E-state index contributed by atoms with van der Waals surface area (Å²) in [4.78, 5) is 4.95. The molecule has 2 unspecified atom stereocenters. The molecule has 0 aliphatic carbocycles. The first-order valence-corrected chi connectivity index (χ1v) is 7.21. The zero-order chi connectivity index (χ0) is 13.7. The Labute approximate surface area is 117 Å². The lowest BCUT2D eigenvalue weighted by atomic mass is 10.1. The van der Waals surface area contributed by atoms with Gasteiger partial charge in [0.05, 0.1) is 11.4 Å². The highest BCUT2D eigenvalue weighted by Crippen LogP contribution is 2.34. The molecular weight excluding hydrogens is 254 g/mol. The van der Waals surface area contributed by atoms with Crippen LogP contribution in [0.5, 0.6) is 0 Å². The van der Waals surface area contributed by atoms with Gasteiger partial charge < -0.3 is 10.6 Å². The van der Waals surface area contributed by atoms with Crippen LogP contribution >= 0.6 is 0 Å². The Kier molecular flexibility index (Phi) is 2.60. The van der Waals surface area contributed by atoms with Crippen molar-refractivity contribution in [3.8, 4) is 0 Å². The van der Waals surface area contributed by atoms with Gasteiger partial charge in [-0.1, -0.05) is 0 Å². The van der Waals surface area contributed by atoms with Crippen LogP contribution in [0.2, 0.25) is 0 Å². The molecule has 2 N–H and O–H groups in total. The zero-order valence-corrected chi connectivity index (χ0v) is 11.6. The first-order valence-electron chi connectivity index (χ1n) is 7.21. The lowest BCUT2D eigenvalue weighted by Crippen LogP contribution is -2.36. The van der Waals surface area contributed by atoms with Gasteiger partial charge in [0.15, 0.2) is 11.0 Å².